The first kappa shape index (κ1) is 26.9. The zero-order valence-electron chi connectivity index (χ0n) is 22.1. The average molecular weight is 600 g/mol. The van der Waals surface area contributed by atoms with Gasteiger partial charge in [0.05, 0.1) is 28.6 Å². The Kier molecular flexibility index (Phi) is 7.42. The third-order valence-electron chi connectivity index (χ3n) is 7.71. The van der Waals surface area contributed by atoms with Crippen molar-refractivity contribution in [2.45, 2.75) is 52.6 Å². The topological polar surface area (TPSA) is 100 Å². The van der Waals surface area contributed by atoms with E-state index in [1.165, 1.54) is 0 Å². The van der Waals surface area contributed by atoms with Crippen LogP contribution >= 0.6 is 27.5 Å². The zero-order valence-corrected chi connectivity index (χ0v) is 24.5. The van der Waals surface area contributed by atoms with Crippen LogP contribution in [0, 0.1) is 36.5 Å². The quantitative estimate of drug-likeness (QED) is 0.346. The molecule has 1 atom stereocenters. The van der Waals surface area contributed by atoms with Gasteiger partial charge in [0.15, 0.2) is 5.82 Å². The van der Waals surface area contributed by atoms with Crippen molar-refractivity contribution in [3.63, 3.8) is 0 Å². The van der Waals surface area contributed by atoms with E-state index in [4.69, 9.17) is 26.3 Å². The van der Waals surface area contributed by atoms with Gasteiger partial charge in [-0.15, -0.1) is 0 Å². The number of ether oxygens (including phenoxy) is 1. The average Bonchev–Trinajstić information content (AvgIpc) is 3.09. The molecular weight excluding hydrogens is 568 g/mol. The summed E-state index contributed by atoms with van der Waals surface area (Å²) in [5, 5.41) is 24.4. The lowest BCUT2D eigenvalue weighted by Crippen LogP contribution is -2.62. The summed E-state index contributed by atoms with van der Waals surface area (Å²) in [7, 11) is 1.91. The first-order chi connectivity index (χ1) is 18.1. The number of nitriles is 1. The Bertz CT molecular complexity index is 1400. The highest BCUT2D eigenvalue weighted by Gasteiger charge is 2.53. The van der Waals surface area contributed by atoms with Crippen LogP contribution in [0.3, 0.4) is 0 Å². The standard InChI is InChI=1S/C28H32BrClN6O2/c1-5-6-19(37)13-38-20-7-8-22(30)21(9-20)26-32-23(24-17(3)25(29)34-35(24)4)16(2)27(33-26)36-14-28(15-36)10-18(11-28)12-31/h7-9,18-19,37H,5-6,10-11,13-15H2,1-4H3/t19-/m1/s1. The number of aryl methyl sites for hydroxylation is 1. The molecule has 1 N–H and O–H groups in total. The predicted molar refractivity (Wildman–Crippen MR) is 151 cm³/mol. The lowest BCUT2D eigenvalue weighted by molar-refractivity contribution is 0.0511. The number of halogens is 2. The molecule has 3 heterocycles. The van der Waals surface area contributed by atoms with Crippen LogP contribution in [-0.4, -0.2) is 50.7 Å². The van der Waals surface area contributed by atoms with E-state index in [1.807, 2.05) is 31.6 Å². The van der Waals surface area contributed by atoms with Crippen molar-refractivity contribution in [1.82, 2.24) is 19.7 Å². The van der Waals surface area contributed by atoms with Gasteiger partial charge in [0.1, 0.15) is 22.8 Å². The van der Waals surface area contributed by atoms with Crippen molar-refractivity contribution >= 4 is 33.3 Å². The highest BCUT2D eigenvalue weighted by molar-refractivity contribution is 9.10. The van der Waals surface area contributed by atoms with E-state index in [9.17, 15) is 10.4 Å². The molecule has 1 aliphatic heterocycles. The molecule has 2 aliphatic rings. The molecular formula is C28H32BrClN6O2. The molecule has 2 fully saturated rings. The van der Waals surface area contributed by atoms with Crippen LogP contribution in [0.4, 0.5) is 5.82 Å². The van der Waals surface area contributed by atoms with Crippen LogP contribution in [0.2, 0.25) is 5.02 Å². The third-order valence-corrected chi connectivity index (χ3v) is 8.79. The second-order valence-corrected chi connectivity index (χ2v) is 11.9. The van der Waals surface area contributed by atoms with E-state index in [1.54, 1.807) is 12.1 Å². The van der Waals surface area contributed by atoms with E-state index in [0.717, 1.165) is 65.3 Å². The number of hydrogen-bond donors (Lipinski definition) is 1. The Morgan fingerprint density at radius 1 is 1.26 bits per heavy atom. The molecule has 1 saturated carbocycles. The van der Waals surface area contributed by atoms with Gasteiger partial charge in [-0.1, -0.05) is 24.9 Å². The molecule has 200 valence electrons. The fourth-order valence-electron chi connectivity index (χ4n) is 5.71. The highest BCUT2D eigenvalue weighted by Crippen LogP contribution is 2.53. The van der Waals surface area contributed by atoms with Crippen molar-refractivity contribution in [1.29, 1.82) is 5.26 Å². The lowest BCUT2D eigenvalue weighted by Gasteiger charge is -2.58. The van der Waals surface area contributed by atoms with Crippen molar-refractivity contribution < 1.29 is 9.84 Å². The number of aromatic nitrogens is 4. The number of nitrogens with zero attached hydrogens (tertiary/aromatic N) is 6. The van der Waals surface area contributed by atoms with Gasteiger partial charge in [-0.2, -0.15) is 10.4 Å². The molecule has 3 aromatic rings. The van der Waals surface area contributed by atoms with Crippen LogP contribution in [0.15, 0.2) is 22.8 Å². The van der Waals surface area contributed by atoms with E-state index < -0.39 is 6.10 Å². The van der Waals surface area contributed by atoms with Gasteiger partial charge in [-0.25, -0.2) is 9.97 Å². The minimum Gasteiger partial charge on any atom is -0.491 e. The maximum atomic E-state index is 10.1. The summed E-state index contributed by atoms with van der Waals surface area (Å²) in [6.07, 6.45) is 2.95. The largest absolute Gasteiger partial charge is 0.491 e. The molecule has 1 spiro atoms. The van der Waals surface area contributed by atoms with E-state index >= 15 is 0 Å². The minimum absolute atomic E-state index is 0.168. The fraction of sp³-hybridized carbons (Fsp3) is 0.500. The van der Waals surface area contributed by atoms with Crippen LogP contribution in [0.25, 0.3) is 22.8 Å². The number of benzene rings is 1. The van der Waals surface area contributed by atoms with E-state index in [-0.39, 0.29) is 17.9 Å². The van der Waals surface area contributed by atoms with Gasteiger partial charge >= 0.3 is 0 Å². The third kappa shape index (κ3) is 4.90. The summed E-state index contributed by atoms with van der Waals surface area (Å²) in [5.74, 6) is 2.15. The van der Waals surface area contributed by atoms with Crippen LogP contribution in [0.1, 0.15) is 43.7 Å². The Morgan fingerprint density at radius 2 is 2.00 bits per heavy atom. The maximum Gasteiger partial charge on any atom is 0.163 e. The van der Waals surface area contributed by atoms with E-state index in [0.29, 0.717) is 28.6 Å². The second kappa shape index (κ2) is 10.5. The van der Waals surface area contributed by atoms with E-state index in [2.05, 4.69) is 38.9 Å². The van der Waals surface area contributed by atoms with Gasteiger partial charge in [0.2, 0.25) is 0 Å². The van der Waals surface area contributed by atoms with Crippen molar-refractivity contribution in [3.05, 3.63) is 39.0 Å². The van der Waals surface area contributed by atoms with Crippen molar-refractivity contribution in [2.75, 3.05) is 24.6 Å². The van der Waals surface area contributed by atoms with Crippen molar-refractivity contribution in [3.8, 4) is 34.6 Å². The first-order valence-corrected chi connectivity index (χ1v) is 14.1. The van der Waals surface area contributed by atoms with Crippen molar-refractivity contribution in [2.24, 2.45) is 18.4 Å². The summed E-state index contributed by atoms with van der Waals surface area (Å²) >= 11 is 10.2. The molecule has 10 heteroatoms. The molecule has 0 amide bonds. The number of aliphatic hydroxyl groups is 1. The lowest BCUT2D eigenvalue weighted by atomic mass is 9.58. The summed E-state index contributed by atoms with van der Waals surface area (Å²) in [6.45, 7) is 8.06. The van der Waals surface area contributed by atoms with Gasteiger partial charge < -0.3 is 14.7 Å². The van der Waals surface area contributed by atoms with Gasteiger partial charge in [0, 0.05) is 48.2 Å². The smallest absolute Gasteiger partial charge is 0.163 e. The second-order valence-electron chi connectivity index (χ2n) is 10.7. The SMILES string of the molecule is CCC[C@@H](O)COc1ccc(Cl)c(-c2nc(-c3c(C)c(Br)nn3C)c(C)c(N3CC4(CC(C#N)C4)C3)n2)c1. The number of rotatable bonds is 8. The monoisotopic (exact) mass is 598 g/mol. The summed E-state index contributed by atoms with van der Waals surface area (Å²) < 4.78 is 8.48. The molecule has 0 unspecified atom stereocenters. The first-order valence-electron chi connectivity index (χ1n) is 13.0. The Balaban J connectivity index is 1.55. The van der Waals surface area contributed by atoms with Gasteiger partial charge in [0.25, 0.3) is 0 Å². The van der Waals surface area contributed by atoms with Crippen LogP contribution < -0.4 is 9.64 Å². The molecule has 38 heavy (non-hydrogen) atoms. The zero-order chi connectivity index (χ0) is 27.2. The predicted octanol–water partition coefficient (Wildman–Crippen LogP) is 5.86. The van der Waals surface area contributed by atoms with Crippen LogP contribution in [0.5, 0.6) is 5.75 Å². The highest BCUT2D eigenvalue weighted by atomic mass is 79.9. The molecule has 8 nitrogen and oxygen atoms in total. The Labute approximate surface area is 236 Å². The maximum absolute atomic E-state index is 10.1. The summed E-state index contributed by atoms with van der Waals surface area (Å²) in [4.78, 5) is 12.3. The molecule has 1 aromatic carbocycles. The number of anilines is 1. The summed E-state index contributed by atoms with van der Waals surface area (Å²) in [6, 6.07) is 7.82. The molecule has 0 radical (unpaired) electrons. The minimum atomic E-state index is -0.523. The molecule has 1 saturated heterocycles. The van der Waals surface area contributed by atoms with Gasteiger partial charge in [-0.3, -0.25) is 4.68 Å². The Morgan fingerprint density at radius 3 is 2.63 bits per heavy atom. The van der Waals surface area contributed by atoms with Crippen LogP contribution in [-0.2, 0) is 7.05 Å². The number of hydrogen-bond acceptors (Lipinski definition) is 7. The normalized spacial score (nSPS) is 17.2. The molecule has 5 rings (SSSR count). The molecule has 2 aromatic heterocycles. The summed E-state index contributed by atoms with van der Waals surface area (Å²) in [5.41, 5.74) is 4.56. The Hall–Kier alpha value is -2.67. The molecule has 0 bridgehead atoms. The number of aliphatic hydroxyl groups excluding tert-OH is 1. The fourth-order valence-corrected chi connectivity index (χ4v) is 6.34. The molecule has 1 aliphatic carbocycles. The van der Waals surface area contributed by atoms with Gasteiger partial charge in [-0.05, 0) is 67.2 Å².